The molecule has 3 aromatic rings. The van der Waals surface area contributed by atoms with Crippen LogP contribution < -0.4 is 0 Å². The molecule has 2 nitrogen and oxygen atoms in total. The minimum absolute atomic E-state index is 0.343. The van der Waals surface area contributed by atoms with E-state index < -0.39 is 12.1 Å². The average Bonchev–Trinajstić information content (AvgIpc) is 2.67. The lowest BCUT2D eigenvalue weighted by atomic mass is 10.0. The highest BCUT2D eigenvalue weighted by atomic mass is 19.1. The molecule has 124 valence electrons. The highest BCUT2D eigenvalue weighted by molar-refractivity contribution is 5.87. The van der Waals surface area contributed by atoms with Crippen molar-refractivity contribution >= 4 is 12.0 Å². The first-order valence-corrected chi connectivity index (χ1v) is 7.97. The first-order valence-electron chi connectivity index (χ1n) is 7.97. The second-order valence-electron chi connectivity index (χ2n) is 5.49. The van der Waals surface area contributed by atoms with E-state index in [0.29, 0.717) is 5.56 Å². The Morgan fingerprint density at radius 2 is 1.32 bits per heavy atom. The van der Waals surface area contributed by atoms with Crippen molar-refractivity contribution in [2.75, 3.05) is 0 Å². The van der Waals surface area contributed by atoms with Crippen molar-refractivity contribution in [3.05, 3.63) is 114 Å². The highest BCUT2D eigenvalue weighted by Gasteiger charge is 2.17. The Kier molecular flexibility index (Phi) is 5.37. The van der Waals surface area contributed by atoms with Crippen LogP contribution in [0.25, 0.3) is 6.08 Å². The van der Waals surface area contributed by atoms with E-state index in [4.69, 9.17) is 4.74 Å². The van der Waals surface area contributed by atoms with E-state index in [2.05, 4.69) is 0 Å². The quantitative estimate of drug-likeness (QED) is 0.476. The zero-order valence-electron chi connectivity index (χ0n) is 13.5. The lowest BCUT2D eigenvalue weighted by Crippen LogP contribution is -2.10. The van der Waals surface area contributed by atoms with Gasteiger partial charge in [-0.3, -0.25) is 0 Å². The van der Waals surface area contributed by atoms with Gasteiger partial charge < -0.3 is 4.74 Å². The molecular formula is C22H17FO2. The monoisotopic (exact) mass is 332 g/mol. The van der Waals surface area contributed by atoms with Crippen LogP contribution in [-0.4, -0.2) is 5.97 Å². The van der Waals surface area contributed by atoms with Crippen LogP contribution in [0.15, 0.2) is 91.0 Å². The largest absolute Gasteiger partial charge is 0.449 e. The summed E-state index contributed by atoms with van der Waals surface area (Å²) >= 11 is 0. The van der Waals surface area contributed by atoms with E-state index in [0.717, 1.165) is 11.1 Å². The Labute approximate surface area is 146 Å². The molecule has 0 aliphatic rings. The van der Waals surface area contributed by atoms with Crippen LogP contribution in [0, 0.1) is 5.82 Å². The van der Waals surface area contributed by atoms with E-state index in [9.17, 15) is 9.18 Å². The predicted octanol–water partition coefficient (Wildman–Crippen LogP) is 5.17. The zero-order valence-corrected chi connectivity index (χ0v) is 13.5. The highest BCUT2D eigenvalue weighted by Crippen LogP contribution is 2.26. The van der Waals surface area contributed by atoms with Crippen LogP contribution in [0.4, 0.5) is 4.39 Å². The van der Waals surface area contributed by atoms with Gasteiger partial charge in [0.25, 0.3) is 0 Å². The number of ether oxygens (including phenoxy) is 1. The van der Waals surface area contributed by atoms with Gasteiger partial charge in [-0.25, -0.2) is 9.18 Å². The molecule has 0 aliphatic carbocycles. The van der Waals surface area contributed by atoms with Gasteiger partial charge in [-0.1, -0.05) is 78.9 Å². The molecule has 0 fully saturated rings. The summed E-state index contributed by atoms with van der Waals surface area (Å²) in [6.45, 7) is 0. The van der Waals surface area contributed by atoms with E-state index in [1.54, 1.807) is 18.2 Å². The van der Waals surface area contributed by atoms with Gasteiger partial charge in [0.15, 0.2) is 6.10 Å². The number of rotatable bonds is 5. The van der Waals surface area contributed by atoms with Gasteiger partial charge in [-0.05, 0) is 23.3 Å². The fraction of sp³-hybridized carbons (Fsp3) is 0.0455. The second kappa shape index (κ2) is 8.06. The first-order chi connectivity index (χ1) is 12.2. The maximum absolute atomic E-state index is 13.6. The van der Waals surface area contributed by atoms with E-state index in [-0.39, 0.29) is 5.82 Å². The minimum Gasteiger partial charge on any atom is -0.449 e. The molecule has 0 saturated heterocycles. The molecule has 0 aromatic heterocycles. The molecule has 0 amide bonds. The molecule has 25 heavy (non-hydrogen) atoms. The third-order valence-corrected chi connectivity index (χ3v) is 3.74. The molecule has 3 rings (SSSR count). The van der Waals surface area contributed by atoms with Gasteiger partial charge >= 0.3 is 5.97 Å². The Balaban J connectivity index is 1.81. The number of benzene rings is 3. The Morgan fingerprint density at radius 3 is 1.88 bits per heavy atom. The number of hydrogen-bond acceptors (Lipinski definition) is 2. The van der Waals surface area contributed by atoms with Crippen molar-refractivity contribution in [1.29, 1.82) is 0 Å². The summed E-state index contributed by atoms with van der Waals surface area (Å²) in [6.07, 6.45) is 2.15. The van der Waals surface area contributed by atoms with Gasteiger partial charge in [-0.2, -0.15) is 0 Å². The average molecular weight is 332 g/mol. The zero-order chi connectivity index (χ0) is 17.5. The summed E-state index contributed by atoms with van der Waals surface area (Å²) in [5.74, 6) is -0.907. The summed E-state index contributed by atoms with van der Waals surface area (Å²) in [6, 6.07) is 25.3. The van der Waals surface area contributed by atoms with E-state index in [1.807, 2.05) is 60.7 Å². The topological polar surface area (TPSA) is 26.3 Å². The van der Waals surface area contributed by atoms with Crippen molar-refractivity contribution in [2.24, 2.45) is 0 Å². The summed E-state index contributed by atoms with van der Waals surface area (Å²) in [7, 11) is 0. The number of carbonyl (C=O) groups excluding carboxylic acids is 1. The molecule has 0 saturated carbocycles. The maximum atomic E-state index is 13.6. The van der Waals surface area contributed by atoms with Gasteiger partial charge in [0, 0.05) is 11.6 Å². The number of carbonyl (C=O) groups is 1. The van der Waals surface area contributed by atoms with Crippen LogP contribution >= 0.6 is 0 Å². The fourth-order valence-corrected chi connectivity index (χ4v) is 2.51. The lowest BCUT2D eigenvalue weighted by molar-refractivity contribution is -0.141. The van der Waals surface area contributed by atoms with Crippen molar-refractivity contribution in [2.45, 2.75) is 6.10 Å². The van der Waals surface area contributed by atoms with Crippen molar-refractivity contribution in [3.8, 4) is 0 Å². The summed E-state index contributed by atoms with van der Waals surface area (Å²) < 4.78 is 19.3. The van der Waals surface area contributed by atoms with Gasteiger partial charge in [0.2, 0.25) is 0 Å². The molecule has 0 radical (unpaired) electrons. The Bertz CT molecular complexity index is 818. The normalized spacial score (nSPS) is 11.0. The van der Waals surface area contributed by atoms with Gasteiger partial charge in [-0.15, -0.1) is 0 Å². The predicted molar refractivity (Wildman–Crippen MR) is 96.3 cm³/mol. The van der Waals surface area contributed by atoms with E-state index in [1.165, 1.54) is 18.2 Å². The maximum Gasteiger partial charge on any atom is 0.331 e. The molecule has 0 spiro atoms. The lowest BCUT2D eigenvalue weighted by Gasteiger charge is -2.18. The first kappa shape index (κ1) is 16.7. The van der Waals surface area contributed by atoms with E-state index >= 15 is 0 Å². The second-order valence-corrected chi connectivity index (χ2v) is 5.49. The third-order valence-electron chi connectivity index (χ3n) is 3.74. The Hall–Kier alpha value is -3.20. The van der Waals surface area contributed by atoms with Crippen LogP contribution in [0.3, 0.4) is 0 Å². The van der Waals surface area contributed by atoms with Crippen LogP contribution in [0.1, 0.15) is 22.8 Å². The number of halogens is 1. The fourth-order valence-electron chi connectivity index (χ4n) is 2.51. The number of esters is 1. The van der Waals surface area contributed by atoms with Crippen LogP contribution in [0.2, 0.25) is 0 Å². The van der Waals surface area contributed by atoms with Gasteiger partial charge in [0.1, 0.15) is 5.82 Å². The molecular weight excluding hydrogens is 315 g/mol. The smallest absolute Gasteiger partial charge is 0.331 e. The standard InChI is InChI=1S/C22H17FO2/c23-20-14-8-7-9-17(20)15-16-21(24)25-22(18-10-3-1-4-11-18)19-12-5-2-6-13-19/h1-16,22H/b16-15+. The third kappa shape index (κ3) is 4.42. The molecule has 3 aromatic carbocycles. The SMILES string of the molecule is O=C(/C=C/c1ccccc1F)OC(c1ccccc1)c1ccccc1. The molecule has 0 bridgehead atoms. The van der Waals surface area contributed by atoms with Crippen LogP contribution in [0.5, 0.6) is 0 Å². The van der Waals surface area contributed by atoms with Crippen LogP contribution in [-0.2, 0) is 9.53 Å². The summed E-state index contributed by atoms with van der Waals surface area (Å²) in [5.41, 5.74) is 2.10. The van der Waals surface area contributed by atoms with Crippen molar-refractivity contribution in [1.82, 2.24) is 0 Å². The molecule has 0 atom stereocenters. The minimum atomic E-state index is -0.527. The van der Waals surface area contributed by atoms with Gasteiger partial charge in [0.05, 0.1) is 0 Å². The summed E-state index contributed by atoms with van der Waals surface area (Å²) in [5, 5.41) is 0. The molecule has 3 heteroatoms. The molecule has 0 unspecified atom stereocenters. The van der Waals surface area contributed by atoms with Crippen molar-refractivity contribution in [3.63, 3.8) is 0 Å². The molecule has 0 N–H and O–H groups in total. The Morgan fingerprint density at radius 1 is 0.800 bits per heavy atom. The number of hydrogen-bond donors (Lipinski definition) is 0. The molecule has 0 heterocycles. The van der Waals surface area contributed by atoms with Crippen molar-refractivity contribution < 1.29 is 13.9 Å². The summed E-state index contributed by atoms with van der Waals surface area (Å²) in [4.78, 5) is 12.3. The molecule has 0 aliphatic heterocycles.